The summed E-state index contributed by atoms with van der Waals surface area (Å²) >= 11 is 30.8. The molecule has 0 N–H and O–H groups in total. The van der Waals surface area contributed by atoms with Crippen LogP contribution in [0, 0.1) is 0 Å². The molecule has 0 aromatic rings. The Hall–Kier alpha value is 3.85. The number of rotatable bonds is 13. The molecule has 0 aromatic carbocycles. The third-order valence-electron chi connectivity index (χ3n) is 3.02. The summed E-state index contributed by atoms with van der Waals surface area (Å²) in [5, 5.41) is 3.03. The van der Waals surface area contributed by atoms with Crippen LogP contribution < -0.4 is 0 Å². The number of hydrogen-bond acceptors (Lipinski definition) is 11. The molecule has 1 heterocycles. The number of hydrogen-bond donors (Lipinski definition) is 5. The molecule has 1 aliphatic rings. The molecular weight excluding hydrogens is 497 g/mol. The highest BCUT2D eigenvalue weighted by Crippen LogP contribution is 2.40. The Morgan fingerprint density at radius 3 is 1.96 bits per heavy atom. The van der Waals surface area contributed by atoms with Gasteiger partial charge in [0.05, 0.1) is 4.58 Å². The monoisotopic (exact) mass is 520 g/mol. The van der Waals surface area contributed by atoms with Gasteiger partial charge in [-0.25, -0.2) is 0 Å². The van der Waals surface area contributed by atoms with Gasteiger partial charge in [-0.05, 0) is 0 Å². The Morgan fingerprint density at radius 2 is 1.43 bits per heavy atom. The summed E-state index contributed by atoms with van der Waals surface area (Å²) in [5.41, 5.74) is 0. The highest BCUT2D eigenvalue weighted by Gasteiger charge is 2.32. The second-order valence-electron chi connectivity index (χ2n) is 4.58. The molecule has 1 saturated heterocycles. The molecule has 11 heteroatoms. The van der Waals surface area contributed by atoms with Crippen molar-refractivity contribution in [2.45, 2.75) is 25.6 Å². The third-order valence-corrected chi connectivity index (χ3v) is 14.6. The van der Waals surface area contributed by atoms with Crippen molar-refractivity contribution < 1.29 is 0 Å². The predicted octanol–water partition coefficient (Wildman–Crippen LogP) is 5.68. The molecule has 0 aromatic heterocycles. The molecule has 23 heavy (non-hydrogen) atoms. The highest BCUT2D eigenvalue weighted by molar-refractivity contribution is 8.76. The van der Waals surface area contributed by atoms with Gasteiger partial charge in [0, 0.05) is 59.9 Å². The second kappa shape index (κ2) is 15.7. The minimum absolute atomic E-state index is 0.256. The minimum atomic E-state index is 0.256. The van der Waals surface area contributed by atoms with Crippen LogP contribution in [0.3, 0.4) is 0 Å². The van der Waals surface area contributed by atoms with Crippen LogP contribution in [0.4, 0.5) is 0 Å². The summed E-state index contributed by atoms with van der Waals surface area (Å²) in [6, 6.07) is 0. The van der Waals surface area contributed by atoms with E-state index in [9.17, 15) is 0 Å². The summed E-state index contributed by atoms with van der Waals surface area (Å²) < 4.78 is 0.784. The van der Waals surface area contributed by atoms with Gasteiger partial charge in [-0.1, -0.05) is 21.6 Å². The number of thioether (sulfide) groups is 4. The predicted molar refractivity (Wildman–Crippen MR) is 143 cm³/mol. The summed E-state index contributed by atoms with van der Waals surface area (Å²) in [6.45, 7) is 0. The SMILES string of the molecule is SCSC(C(S)CS)C(SCS)C(S)CSSCC1SCCS1. The van der Waals surface area contributed by atoms with Crippen LogP contribution in [0.2, 0.25) is 0 Å². The smallest absolute Gasteiger partial charge is 0.0601 e. The van der Waals surface area contributed by atoms with Gasteiger partial charge in [0.15, 0.2) is 0 Å². The van der Waals surface area contributed by atoms with Gasteiger partial charge >= 0.3 is 0 Å². The van der Waals surface area contributed by atoms with Crippen molar-refractivity contribution >= 4 is 132 Å². The fourth-order valence-corrected chi connectivity index (χ4v) is 13.4. The molecule has 0 spiro atoms. The van der Waals surface area contributed by atoms with E-state index in [2.05, 4.69) is 61.4 Å². The van der Waals surface area contributed by atoms with Crippen LogP contribution >= 0.6 is 132 Å². The first-order chi connectivity index (χ1) is 11.1. The third kappa shape index (κ3) is 10.3. The van der Waals surface area contributed by atoms with Gasteiger partial charge in [0.1, 0.15) is 0 Å². The average molecular weight is 521 g/mol. The van der Waals surface area contributed by atoms with Crippen molar-refractivity contribution in [3.8, 4) is 0 Å². The van der Waals surface area contributed by atoms with E-state index < -0.39 is 0 Å². The first kappa shape index (κ1) is 24.9. The molecule has 0 nitrogen and oxygen atoms in total. The van der Waals surface area contributed by atoms with Crippen LogP contribution in [0.15, 0.2) is 0 Å². The van der Waals surface area contributed by atoms with Crippen LogP contribution in [0.1, 0.15) is 0 Å². The van der Waals surface area contributed by atoms with Gasteiger partial charge < -0.3 is 0 Å². The zero-order valence-electron chi connectivity index (χ0n) is 12.5. The van der Waals surface area contributed by atoms with E-state index in [1.807, 2.05) is 45.1 Å². The maximum atomic E-state index is 4.91. The lowest BCUT2D eigenvalue weighted by Gasteiger charge is -2.33. The Bertz CT molecular complexity index is 286. The molecule has 1 aliphatic heterocycles. The van der Waals surface area contributed by atoms with E-state index in [0.717, 1.165) is 26.3 Å². The average Bonchev–Trinajstić information content (AvgIpc) is 3.07. The molecule has 0 bridgehead atoms. The van der Waals surface area contributed by atoms with Crippen LogP contribution in [-0.4, -0.2) is 64.5 Å². The van der Waals surface area contributed by atoms with Crippen molar-refractivity contribution in [2.75, 3.05) is 38.9 Å². The summed E-state index contributed by atoms with van der Waals surface area (Å²) in [7, 11) is 3.96. The molecule has 1 fully saturated rings. The highest BCUT2D eigenvalue weighted by atomic mass is 33.1. The van der Waals surface area contributed by atoms with E-state index in [1.54, 1.807) is 0 Å². The van der Waals surface area contributed by atoms with E-state index in [-0.39, 0.29) is 5.25 Å². The van der Waals surface area contributed by atoms with Gasteiger partial charge in [-0.2, -0.15) is 63.1 Å². The van der Waals surface area contributed by atoms with Crippen molar-refractivity contribution in [1.29, 1.82) is 0 Å². The van der Waals surface area contributed by atoms with Crippen molar-refractivity contribution in [3.63, 3.8) is 0 Å². The van der Waals surface area contributed by atoms with Gasteiger partial charge in [0.25, 0.3) is 0 Å². The quantitative estimate of drug-likeness (QED) is 0.0911. The van der Waals surface area contributed by atoms with Crippen LogP contribution in [0.25, 0.3) is 0 Å². The van der Waals surface area contributed by atoms with E-state index in [0.29, 0.717) is 15.7 Å². The standard InChI is InChI=1S/C12H24S11/c13-3-8(16)11(20-6-14)12(21-7-15)9(17)4-22-23-5-10-18-1-2-19-10/h8-17H,1-7H2. The largest absolute Gasteiger partial charge is 0.178 e. The molecular formula is C12H24S11. The second-order valence-corrected chi connectivity index (χ2v) is 15.6. The maximum Gasteiger partial charge on any atom is 0.0601 e. The molecule has 0 amide bonds. The lowest BCUT2D eigenvalue weighted by atomic mass is 10.2. The zero-order valence-corrected chi connectivity index (χ0v) is 21.9. The fourth-order valence-electron chi connectivity index (χ4n) is 1.95. The minimum Gasteiger partial charge on any atom is -0.178 e. The van der Waals surface area contributed by atoms with Gasteiger partial charge in [-0.15, -0.1) is 47.0 Å². The van der Waals surface area contributed by atoms with Crippen molar-refractivity contribution in [3.05, 3.63) is 0 Å². The molecule has 138 valence electrons. The van der Waals surface area contributed by atoms with Crippen molar-refractivity contribution in [1.82, 2.24) is 0 Å². The molecule has 0 aliphatic carbocycles. The molecule has 4 unspecified atom stereocenters. The first-order valence-corrected chi connectivity index (χ1v) is 16.6. The lowest BCUT2D eigenvalue weighted by Crippen LogP contribution is -2.38. The Labute approximate surface area is 194 Å². The first-order valence-electron chi connectivity index (χ1n) is 7.03. The Morgan fingerprint density at radius 1 is 0.870 bits per heavy atom. The molecule has 0 radical (unpaired) electrons. The van der Waals surface area contributed by atoms with E-state index in [4.69, 9.17) is 25.3 Å². The topological polar surface area (TPSA) is 0 Å². The van der Waals surface area contributed by atoms with Crippen molar-refractivity contribution in [2.24, 2.45) is 0 Å². The molecule has 0 saturated carbocycles. The van der Waals surface area contributed by atoms with Crippen LogP contribution in [-0.2, 0) is 0 Å². The molecule has 4 atom stereocenters. The fraction of sp³-hybridized carbons (Fsp3) is 1.00. The molecule has 1 rings (SSSR count). The van der Waals surface area contributed by atoms with Gasteiger partial charge in [0.2, 0.25) is 0 Å². The zero-order chi connectivity index (χ0) is 17.1. The summed E-state index contributed by atoms with van der Waals surface area (Å²) in [4.78, 5) is 0. The van der Waals surface area contributed by atoms with Crippen LogP contribution in [0.5, 0.6) is 0 Å². The maximum absolute atomic E-state index is 4.91. The van der Waals surface area contributed by atoms with E-state index >= 15 is 0 Å². The Kier molecular flexibility index (Phi) is 17.0. The normalized spacial score (nSPS) is 21.3. The van der Waals surface area contributed by atoms with Gasteiger partial charge in [-0.3, -0.25) is 0 Å². The summed E-state index contributed by atoms with van der Waals surface area (Å²) in [6.07, 6.45) is 0. The summed E-state index contributed by atoms with van der Waals surface area (Å²) in [5.74, 6) is 5.68. The Balaban J connectivity index is 2.42. The van der Waals surface area contributed by atoms with E-state index in [1.165, 1.54) is 17.3 Å². The lowest BCUT2D eigenvalue weighted by molar-refractivity contribution is 0.779. The number of thiol groups is 5.